The zero-order valence-electron chi connectivity index (χ0n) is 11.5. The Kier molecular flexibility index (Phi) is 4.83. The monoisotopic (exact) mass is 280 g/mol. The highest BCUT2D eigenvalue weighted by atomic mass is 35.5. The van der Waals surface area contributed by atoms with Crippen molar-refractivity contribution in [3.63, 3.8) is 0 Å². The molecular weight excluding hydrogens is 260 g/mol. The minimum Gasteiger partial charge on any atom is -0.339 e. The summed E-state index contributed by atoms with van der Waals surface area (Å²) in [6.07, 6.45) is 4.42. The number of amides is 1. The summed E-state index contributed by atoms with van der Waals surface area (Å²) in [5, 5.41) is 3.97. The van der Waals surface area contributed by atoms with Gasteiger partial charge in [0.05, 0.1) is 0 Å². The van der Waals surface area contributed by atoms with Gasteiger partial charge < -0.3 is 10.2 Å². The van der Waals surface area contributed by atoms with Crippen LogP contribution >= 0.6 is 11.6 Å². The first kappa shape index (κ1) is 14.4. The third-order valence-corrected chi connectivity index (χ3v) is 4.32. The van der Waals surface area contributed by atoms with E-state index in [0.717, 1.165) is 25.7 Å². The molecule has 0 aromatic heterocycles. The van der Waals surface area contributed by atoms with E-state index in [2.05, 4.69) is 5.32 Å². The molecule has 0 atom stereocenters. The van der Waals surface area contributed by atoms with E-state index in [1.807, 2.05) is 19.0 Å². The van der Waals surface area contributed by atoms with Crippen molar-refractivity contribution >= 4 is 17.5 Å². The fourth-order valence-corrected chi connectivity index (χ4v) is 2.84. The van der Waals surface area contributed by atoms with Gasteiger partial charge in [-0.25, -0.2) is 0 Å². The summed E-state index contributed by atoms with van der Waals surface area (Å²) in [6.45, 7) is 0. The van der Waals surface area contributed by atoms with Crippen molar-refractivity contribution in [1.82, 2.24) is 10.2 Å². The molecule has 0 bridgehead atoms. The van der Waals surface area contributed by atoms with Crippen LogP contribution in [0.15, 0.2) is 24.3 Å². The highest BCUT2D eigenvalue weighted by molar-refractivity contribution is 6.30. The van der Waals surface area contributed by atoms with Gasteiger partial charge in [0, 0.05) is 29.7 Å². The molecule has 104 valence electrons. The molecule has 1 aromatic rings. The number of carbonyl (C=O) groups excluding carboxylic acids is 1. The van der Waals surface area contributed by atoms with Crippen molar-refractivity contribution in [2.75, 3.05) is 14.1 Å². The molecule has 1 amide bonds. The Morgan fingerprint density at radius 1 is 1.21 bits per heavy atom. The van der Waals surface area contributed by atoms with Gasteiger partial charge >= 0.3 is 0 Å². The Labute approximate surface area is 119 Å². The van der Waals surface area contributed by atoms with E-state index in [-0.39, 0.29) is 5.91 Å². The second-order valence-corrected chi connectivity index (χ2v) is 5.65. The summed E-state index contributed by atoms with van der Waals surface area (Å²) in [4.78, 5) is 14.3. The largest absolute Gasteiger partial charge is 0.339 e. The number of hydrogen-bond acceptors (Lipinski definition) is 2. The maximum atomic E-state index is 12.4. The molecule has 0 aliphatic heterocycles. The van der Waals surface area contributed by atoms with E-state index in [4.69, 9.17) is 11.6 Å². The van der Waals surface area contributed by atoms with Crippen LogP contribution in [0.5, 0.6) is 0 Å². The van der Waals surface area contributed by atoms with Gasteiger partial charge in [0.15, 0.2) is 0 Å². The highest BCUT2D eigenvalue weighted by Gasteiger charge is 2.26. The SMILES string of the molecule is CNC1CCC(N(C)C(=O)c2ccc(Cl)cc2)CC1. The third kappa shape index (κ3) is 3.48. The number of hydrogen-bond donors (Lipinski definition) is 1. The van der Waals surface area contributed by atoms with Crippen molar-refractivity contribution in [3.05, 3.63) is 34.9 Å². The minimum absolute atomic E-state index is 0.0876. The van der Waals surface area contributed by atoms with Crippen molar-refractivity contribution in [2.24, 2.45) is 0 Å². The summed E-state index contributed by atoms with van der Waals surface area (Å²) in [7, 11) is 3.91. The van der Waals surface area contributed by atoms with Crippen LogP contribution in [0.3, 0.4) is 0 Å². The number of nitrogens with zero attached hydrogens (tertiary/aromatic N) is 1. The van der Waals surface area contributed by atoms with Crippen LogP contribution in [0.2, 0.25) is 5.02 Å². The molecule has 1 N–H and O–H groups in total. The Hall–Kier alpha value is -1.06. The van der Waals surface area contributed by atoms with Crippen molar-refractivity contribution in [3.8, 4) is 0 Å². The molecule has 3 nitrogen and oxygen atoms in total. The third-order valence-electron chi connectivity index (χ3n) is 4.06. The predicted octanol–water partition coefficient (Wildman–Crippen LogP) is 2.94. The van der Waals surface area contributed by atoms with Crippen LogP contribution in [0.4, 0.5) is 0 Å². The molecule has 1 aliphatic carbocycles. The first-order valence-electron chi connectivity index (χ1n) is 6.82. The molecule has 1 aromatic carbocycles. The lowest BCUT2D eigenvalue weighted by molar-refractivity contribution is 0.0686. The van der Waals surface area contributed by atoms with E-state index < -0.39 is 0 Å². The number of halogens is 1. The van der Waals surface area contributed by atoms with E-state index >= 15 is 0 Å². The van der Waals surface area contributed by atoms with Gasteiger partial charge in [-0.1, -0.05) is 11.6 Å². The molecule has 1 saturated carbocycles. The summed E-state index contributed by atoms with van der Waals surface area (Å²) in [5.41, 5.74) is 0.711. The second-order valence-electron chi connectivity index (χ2n) is 5.22. The topological polar surface area (TPSA) is 32.3 Å². The Balaban J connectivity index is 1.98. The first-order chi connectivity index (χ1) is 9.11. The normalized spacial score (nSPS) is 23.1. The molecule has 1 fully saturated rings. The average molecular weight is 281 g/mol. The van der Waals surface area contributed by atoms with Crippen LogP contribution in [0.1, 0.15) is 36.0 Å². The maximum Gasteiger partial charge on any atom is 0.253 e. The van der Waals surface area contributed by atoms with Crippen LogP contribution in [0, 0.1) is 0 Å². The number of rotatable bonds is 3. The average Bonchev–Trinajstić information content (AvgIpc) is 2.46. The molecule has 19 heavy (non-hydrogen) atoms. The smallest absolute Gasteiger partial charge is 0.253 e. The quantitative estimate of drug-likeness (QED) is 0.923. The molecule has 0 heterocycles. The van der Waals surface area contributed by atoms with Crippen molar-refractivity contribution in [1.29, 1.82) is 0 Å². The van der Waals surface area contributed by atoms with Gasteiger partial charge in [-0.15, -0.1) is 0 Å². The lowest BCUT2D eigenvalue weighted by Crippen LogP contribution is -2.42. The molecule has 2 rings (SSSR count). The Morgan fingerprint density at radius 2 is 1.79 bits per heavy atom. The Morgan fingerprint density at radius 3 is 2.32 bits per heavy atom. The van der Waals surface area contributed by atoms with E-state index in [1.165, 1.54) is 0 Å². The van der Waals surface area contributed by atoms with Crippen LogP contribution in [0.25, 0.3) is 0 Å². The van der Waals surface area contributed by atoms with Gasteiger partial charge in [-0.3, -0.25) is 4.79 Å². The lowest BCUT2D eigenvalue weighted by Gasteiger charge is -2.34. The second kappa shape index (κ2) is 6.40. The summed E-state index contributed by atoms with van der Waals surface area (Å²) in [5.74, 6) is 0.0876. The van der Waals surface area contributed by atoms with E-state index in [1.54, 1.807) is 24.3 Å². The van der Waals surface area contributed by atoms with E-state index in [0.29, 0.717) is 22.7 Å². The van der Waals surface area contributed by atoms with Gasteiger partial charge in [0.2, 0.25) is 0 Å². The predicted molar refractivity (Wildman–Crippen MR) is 78.6 cm³/mol. The fraction of sp³-hybridized carbons (Fsp3) is 0.533. The number of benzene rings is 1. The number of carbonyl (C=O) groups is 1. The molecule has 0 spiro atoms. The van der Waals surface area contributed by atoms with Crippen LogP contribution in [-0.2, 0) is 0 Å². The van der Waals surface area contributed by atoms with Crippen LogP contribution < -0.4 is 5.32 Å². The summed E-state index contributed by atoms with van der Waals surface area (Å²) in [6, 6.07) is 8.07. The molecule has 0 radical (unpaired) electrons. The van der Waals surface area contributed by atoms with Gasteiger partial charge in [0.25, 0.3) is 5.91 Å². The Bertz CT molecular complexity index is 424. The summed E-state index contributed by atoms with van der Waals surface area (Å²) < 4.78 is 0. The first-order valence-corrected chi connectivity index (χ1v) is 7.19. The molecular formula is C15H21ClN2O. The summed E-state index contributed by atoms with van der Waals surface area (Å²) >= 11 is 5.84. The maximum absolute atomic E-state index is 12.4. The van der Waals surface area contributed by atoms with E-state index in [9.17, 15) is 4.79 Å². The van der Waals surface area contributed by atoms with Crippen molar-refractivity contribution in [2.45, 2.75) is 37.8 Å². The fourth-order valence-electron chi connectivity index (χ4n) is 2.71. The van der Waals surface area contributed by atoms with Crippen LogP contribution in [-0.4, -0.2) is 37.0 Å². The molecule has 1 aliphatic rings. The standard InChI is InChI=1S/C15H21ClN2O/c1-17-13-7-9-14(10-8-13)18(2)15(19)11-3-5-12(16)6-4-11/h3-6,13-14,17H,7-10H2,1-2H3. The number of nitrogens with one attached hydrogen (secondary N) is 1. The van der Waals surface area contributed by atoms with Gasteiger partial charge in [-0.2, -0.15) is 0 Å². The molecule has 0 unspecified atom stereocenters. The van der Waals surface area contributed by atoms with Gasteiger partial charge in [0.1, 0.15) is 0 Å². The molecule has 4 heteroatoms. The van der Waals surface area contributed by atoms with Crippen molar-refractivity contribution < 1.29 is 4.79 Å². The van der Waals surface area contributed by atoms with Gasteiger partial charge in [-0.05, 0) is 57.0 Å². The minimum atomic E-state index is 0.0876. The highest BCUT2D eigenvalue weighted by Crippen LogP contribution is 2.23. The zero-order chi connectivity index (χ0) is 13.8. The molecule has 0 saturated heterocycles. The zero-order valence-corrected chi connectivity index (χ0v) is 12.3. The lowest BCUT2D eigenvalue weighted by atomic mass is 9.90.